The molecule has 2 N–H and O–H groups in total. The fraction of sp³-hybridized carbons (Fsp3) is 0.440. The van der Waals surface area contributed by atoms with Crippen LogP contribution in [0.25, 0.3) is 10.9 Å². The molecule has 3 heterocycles. The Hall–Kier alpha value is -3.81. The quantitative estimate of drug-likeness (QED) is 0.519. The average molecular weight is 501 g/mol. The zero-order chi connectivity index (χ0) is 26.0. The third-order valence-electron chi connectivity index (χ3n) is 6.41. The minimum absolute atomic E-state index is 0.0704. The van der Waals surface area contributed by atoms with E-state index in [1.807, 2.05) is 10.7 Å². The average Bonchev–Trinajstić information content (AvgIpc) is 3.35. The van der Waals surface area contributed by atoms with Crippen molar-refractivity contribution in [3.05, 3.63) is 51.9 Å². The van der Waals surface area contributed by atoms with E-state index in [2.05, 4.69) is 15.4 Å². The first kappa shape index (κ1) is 25.3. The number of aromatic nitrogens is 3. The van der Waals surface area contributed by atoms with E-state index in [9.17, 15) is 22.8 Å². The molecule has 1 saturated heterocycles. The summed E-state index contributed by atoms with van der Waals surface area (Å²) in [5.41, 5.74) is 1.86. The lowest BCUT2D eigenvalue weighted by molar-refractivity contribution is -0.169. The van der Waals surface area contributed by atoms with E-state index in [0.29, 0.717) is 34.8 Å². The molecule has 11 heteroatoms. The second kappa shape index (κ2) is 10.0. The lowest BCUT2D eigenvalue weighted by Crippen LogP contribution is -2.44. The summed E-state index contributed by atoms with van der Waals surface area (Å²) in [5.74, 6) is 0.357. The van der Waals surface area contributed by atoms with Gasteiger partial charge >= 0.3 is 6.18 Å². The monoisotopic (exact) mass is 500 g/mol. The molecule has 1 amide bonds. The highest BCUT2D eigenvalue weighted by molar-refractivity contribution is 5.97. The molecule has 0 radical (unpaired) electrons. The highest BCUT2D eigenvalue weighted by atomic mass is 19.4. The highest BCUT2D eigenvalue weighted by Crippen LogP contribution is 2.35. The van der Waals surface area contributed by atoms with Crippen molar-refractivity contribution in [3.63, 3.8) is 0 Å². The Bertz CT molecular complexity index is 1370. The molecule has 1 aliphatic carbocycles. The molecule has 0 unspecified atom stereocenters. The van der Waals surface area contributed by atoms with Crippen LogP contribution in [0.3, 0.4) is 0 Å². The summed E-state index contributed by atoms with van der Waals surface area (Å²) in [6, 6.07) is 6.67. The van der Waals surface area contributed by atoms with Gasteiger partial charge in [0.25, 0.3) is 11.5 Å². The van der Waals surface area contributed by atoms with Crippen molar-refractivity contribution in [1.29, 1.82) is 5.26 Å². The number of aromatic amines is 1. The predicted octanol–water partition coefficient (Wildman–Crippen LogP) is 4.88. The van der Waals surface area contributed by atoms with Crippen molar-refractivity contribution < 1.29 is 18.0 Å². The number of hydrogen-bond acceptors (Lipinski definition) is 5. The summed E-state index contributed by atoms with van der Waals surface area (Å²) in [6.07, 6.45) is -0.285. The number of nitriles is 1. The zero-order valence-electron chi connectivity index (χ0n) is 20.0. The Balaban J connectivity index is 0.000000967. The summed E-state index contributed by atoms with van der Waals surface area (Å²) >= 11 is 0. The smallest absolute Gasteiger partial charge is 0.338 e. The van der Waals surface area contributed by atoms with E-state index in [4.69, 9.17) is 5.26 Å². The van der Waals surface area contributed by atoms with Crippen molar-refractivity contribution in [2.75, 3.05) is 11.9 Å². The lowest BCUT2D eigenvalue weighted by atomic mass is 10.1. The predicted molar refractivity (Wildman–Crippen MR) is 129 cm³/mol. The van der Waals surface area contributed by atoms with Crippen molar-refractivity contribution in [1.82, 2.24) is 19.7 Å². The fourth-order valence-corrected chi connectivity index (χ4v) is 4.53. The van der Waals surface area contributed by atoms with Gasteiger partial charge in [-0.05, 0) is 68.4 Å². The van der Waals surface area contributed by atoms with Crippen LogP contribution in [0, 0.1) is 24.2 Å². The van der Waals surface area contributed by atoms with Crippen molar-refractivity contribution >= 4 is 28.3 Å². The first-order valence-electron chi connectivity index (χ1n) is 11.8. The van der Waals surface area contributed by atoms with Gasteiger partial charge in [-0.2, -0.15) is 23.5 Å². The van der Waals surface area contributed by atoms with Gasteiger partial charge in [-0.3, -0.25) is 14.3 Å². The summed E-state index contributed by atoms with van der Waals surface area (Å²) in [5, 5.41) is 15.5. The van der Waals surface area contributed by atoms with Crippen LogP contribution in [0.5, 0.6) is 0 Å². The van der Waals surface area contributed by atoms with Crippen LogP contribution in [0.1, 0.15) is 48.5 Å². The van der Waals surface area contributed by atoms with Gasteiger partial charge in [0.2, 0.25) is 0 Å². The van der Waals surface area contributed by atoms with Crippen LogP contribution in [-0.2, 0) is 6.54 Å². The maximum Gasteiger partial charge on any atom is 0.408 e. The van der Waals surface area contributed by atoms with Gasteiger partial charge in [-0.15, -0.1) is 0 Å². The number of nitrogens with one attached hydrogen (secondary N) is 2. The Morgan fingerprint density at radius 3 is 2.64 bits per heavy atom. The molecule has 2 fully saturated rings. The summed E-state index contributed by atoms with van der Waals surface area (Å²) < 4.78 is 41.7. The lowest BCUT2D eigenvalue weighted by Gasteiger charge is -2.27. The number of alkyl halides is 3. The minimum Gasteiger partial charge on any atom is -0.338 e. The Morgan fingerprint density at radius 2 is 2.00 bits per heavy atom. The van der Waals surface area contributed by atoms with Crippen LogP contribution in [0.2, 0.25) is 0 Å². The number of fused-ring (bicyclic) bond motifs is 1. The number of H-pyrrole nitrogens is 1. The Kier molecular flexibility index (Phi) is 7.06. The maximum absolute atomic E-state index is 13.3. The summed E-state index contributed by atoms with van der Waals surface area (Å²) in [4.78, 5) is 28.9. The Labute approximate surface area is 205 Å². The third-order valence-corrected chi connectivity index (χ3v) is 6.41. The molecule has 0 bridgehead atoms. The van der Waals surface area contributed by atoms with E-state index >= 15 is 0 Å². The molecule has 1 saturated carbocycles. The topological polar surface area (TPSA) is 107 Å². The van der Waals surface area contributed by atoms with E-state index in [1.54, 1.807) is 31.3 Å². The molecular weight excluding hydrogens is 473 g/mol. The fourth-order valence-electron chi connectivity index (χ4n) is 4.53. The molecule has 0 spiro atoms. The van der Waals surface area contributed by atoms with Crippen molar-refractivity contribution in [2.24, 2.45) is 5.92 Å². The minimum atomic E-state index is -4.44. The molecule has 3 aromatic rings. The van der Waals surface area contributed by atoms with Gasteiger partial charge in [0, 0.05) is 37.5 Å². The number of carbonyl (C=O) groups excluding carboxylic acids is 1. The van der Waals surface area contributed by atoms with Crippen molar-refractivity contribution in [3.8, 4) is 6.07 Å². The largest absolute Gasteiger partial charge is 0.408 e. The standard InChI is InChI=1S/C23H24F3N5O2.C2H3N/c1-13-11-15(6-7-16(13)22(33)30-10-2-3-18(30)23(24,25)26)28-20-19-17(8-9-27-21(19)32)31(29-20)12-14-4-5-14;1-2-3/h6-9,11,14,18H,2-5,10,12H2,1H3,(H,27,32)(H,28,29);1H3/t18-;/m0./s1. The normalized spacial score (nSPS) is 17.4. The first-order chi connectivity index (χ1) is 17.1. The van der Waals surface area contributed by atoms with Gasteiger partial charge in [0.15, 0.2) is 5.82 Å². The number of carbonyl (C=O) groups is 1. The van der Waals surface area contributed by atoms with Crippen LogP contribution in [-0.4, -0.2) is 44.3 Å². The van der Waals surface area contributed by atoms with Gasteiger partial charge in [0.05, 0.1) is 11.6 Å². The number of nitrogens with zero attached hydrogens (tertiary/aromatic N) is 4. The zero-order valence-corrected chi connectivity index (χ0v) is 20.0. The SMILES string of the molecule is CC#N.Cc1cc(Nc2nn(CC3CC3)c3cc[nH]c(=O)c23)ccc1C(=O)N1CCC[C@H]1C(F)(F)F. The number of hydrogen-bond donors (Lipinski definition) is 2. The molecule has 2 aromatic heterocycles. The van der Waals surface area contributed by atoms with Crippen LogP contribution < -0.4 is 10.9 Å². The second-order valence-electron chi connectivity index (χ2n) is 9.12. The number of anilines is 2. The number of rotatable bonds is 5. The van der Waals surface area contributed by atoms with Crippen LogP contribution >= 0.6 is 0 Å². The van der Waals surface area contributed by atoms with Gasteiger partial charge in [0.1, 0.15) is 11.4 Å². The maximum atomic E-state index is 13.3. The van der Waals surface area contributed by atoms with E-state index in [0.717, 1.165) is 29.8 Å². The molecule has 2 aliphatic rings. The second-order valence-corrected chi connectivity index (χ2v) is 9.12. The van der Waals surface area contributed by atoms with E-state index < -0.39 is 18.1 Å². The summed E-state index contributed by atoms with van der Waals surface area (Å²) in [7, 11) is 0. The number of halogens is 3. The third kappa shape index (κ3) is 5.22. The molecule has 36 heavy (non-hydrogen) atoms. The number of pyridine rings is 1. The number of likely N-dealkylation sites (tertiary alicyclic amines) is 1. The molecular formula is C25H27F3N6O2. The van der Waals surface area contributed by atoms with Crippen molar-refractivity contribution in [2.45, 2.75) is 58.3 Å². The van der Waals surface area contributed by atoms with Crippen LogP contribution in [0.4, 0.5) is 24.7 Å². The van der Waals surface area contributed by atoms with Crippen LogP contribution in [0.15, 0.2) is 35.3 Å². The molecule has 8 nitrogen and oxygen atoms in total. The first-order valence-corrected chi connectivity index (χ1v) is 11.8. The molecule has 1 aliphatic heterocycles. The van der Waals surface area contributed by atoms with E-state index in [-0.39, 0.29) is 24.1 Å². The number of aryl methyl sites for hydroxylation is 1. The number of amides is 1. The van der Waals surface area contributed by atoms with Gasteiger partial charge in [-0.1, -0.05) is 0 Å². The highest BCUT2D eigenvalue weighted by Gasteiger charge is 2.47. The molecule has 1 atom stereocenters. The van der Waals surface area contributed by atoms with Gasteiger partial charge in [-0.25, -0.2) is 0 Å². The molecule has 1 aromatic carbocycles. The molecule has 190 valence electrons. The molecule has 5 rings (SSSR count). The van der Waals surface area contributed by atoms with Gasteiger partial charge < -0.3 is 15.2 Å². The summed E-state index contributed by atoms with van der Waals surface area (Å²) in [6.45, 7) is 3.95. The number of benzene rings is 1. The van der Waals surface area contributed by atoms with E-state index in [1.165, 1.54) is 13.0 Å². The Morgan fingerprint density at radius 1 is 1.28 bits per heavy atom.